The number of nitrogens with one attached hydrogen (secondary N) is 2. The number of rotatable bonds is 7. The Bertz CT molecular complexity index is 1260. The molecule has 0 aromatic carbocycles. The van der Waals surface area contributed by atoms with Crippen molar-refractivity contribution >= 4 is 57.7 Å². The summed E-state index contributed by atoms with van der Waals surface area (Å²) in [6.07, 6.45) is 3.59. The predicted octanol–water partition coefficient (Wildman–Crippen LogP) is -1.67. The maximum Gasteiger partial charge on any atom is 0.335 e. The van der Waals surface area contributed by atoms with Crippen LogP contribution in [0.3, 0.4) is 0 Å². The van der Waals surface area contributed by atoms with Crippen molar-refractivity contribution in [1.82, 2.24) is 15.2 Å². The van der Waals surface area contributed by atoms with Crippen molar-refractivity contribution in [3.05, 3.63) is 52.6 Å². The second-order valence-electron chi connectivity index (χ2n) is 8.50. The van der Waals surface area contributed by atoms with E-state index in [1.807, 2.05) is 18.2 Å². The van der Waals surface area contributed by atoms with Gasteiger partial charge in [0, 0.05) is 23.1 Å². The molecule has 0 radical (unpaired) electrons. The summed E-state index contributed by atoms with van der Waals surface area (Å²) in [6.45, 7) is 2.72. The zero-order valence-corrected chi connectivity index (χ0v) is 21.3. The normalized spacial score (nSPS) is 20.4. The summed E-state index contributed by atoms with van der Waals surface area (Å²) < 4.78 is 1.80. The van der Waals surface area contributed by atoms with Gasteiger partial charge in [0.25, 0.3) is 5.91 Å². The summed E-state index contributed by atoms with van der Waals surface area (Å²) in [4.78, 5) is 51.7. The molecule has 37 heavy (non-hydrogen) atoms. The van der Waals surface area contributed by atoms with E-state index in [1.54, 1.807) is 22.4 Å². The van der Waals surface area contributed by atoms with E-state index in [0.717, 1.165) is 11.3 Å². The number of aliphatic hydroxyl groups is 1. The number of carboxylic acid groups (broad SMARTS) is 2. The van der Waals surface area contributed by atoms with Gasteiger partial charge in [-0.25, -0.2) is 14.3 Å². The number of thiazole rings is 1. The Balaban J connectivity index is 0.000000479. The highest BCUT2D eigenvalue weighted by Gasteiger charge is 2.54. The number of β-lactam (4-membered cyclic amide) rings is 1. The third-order valence-electron chi connectivity index (χ3n) is 5.25. The van der Waals surface area contributed by atoms with Crippen LogP contribution in [0, 0.1) is 5.41 Å². The number of carbonyl (C=O) groups is 4. The molecular weight excluding hydrogens is 524 g/mol. The molecule has 2 amide bonds. The molecule has 4 rings (SSSR count). The molecule has 0 bridgehead atoms. The van der Waals surface area contributed by atoms with Gasteiger partial charge in [-0.1, -0.05) is 6.07 Å². The van der Waals surface area contributed by atoms with E-state index in [4.69, 9.17) is 21.4 Å². The monoisotopic (exact) mass is 548 g/mol. The van der Waals surface area contributed by atoms with Crippen LogP contribution in [0.1, 0.15) is 19.5 Å². The van der Waals surface area contributed by atoms with E-state index in [9.17, 15) is 24.3 Å². The third-order valence-corrected chi connectivity index (χ3v) is 7.14. The van der Waals surface area contributed by atoms with E-state index in [0.29, 0.717) is 5.57 Å². The summed E-state index contributed by atoms with van der Waals surface area (Å²) in [5.41, 5.74) is 4.15. The number of carbonyl (C=O) groups excluding carboxylic acids is 3. The lowest BCUT2D eigenvalue weighted by Crippen LogP contribution is -2.75. The topological polar surface area (TPSA) is 214 Å². The highest BCUT2D eigenvalue weighted by atomic mass is 32.2. The lowest BCUT2D eigenvalue weighted by molar-refractivity contribution is -0.689. The number of nitrogens with two attached hydrogens (primary N) is 1. The van der Waals surface area contributed by atoms with Crippen LogP contribution in [-0.4, -0.2) is 72.6 Å². The maximum atomic E-state index is 12.7. The smallest absolute Gasteiger partial charge is 0.335 e. The van der Waals surface area contributed by atoms with Crippen molar-refractivity contribution in [3.63, 3.8) is 0 Å². The molecule has 2 aromatic rings. The second kappa shape index (κ2) is 11.1. The third kappa shape index (κ3) is 6.31. The number of nitrogen functional groups attached to an aromatic ring is 1. The average molecular weight is 549 g/mol. The molecular formula is C22H24N6O7S2. The summed E-state index contributed by atoms with van der Waals surface area (Å²) in [5.74, 6) is -3.90. The minimum absolute atomic E-state index is 0.115. The van der Waals surface area contributed by atoms with Crippen LogP contribution in [0.2, 0.25) is 0 Å². The van der Waals surface area contributed by atoms with Crippen LogP contribution in [0.25, 0.3) is 0 Å². The number of fused-ring (bicyclic) bond motifs is 1. The highest BCUT2D eigenvalue weighted by molar-refractivity contribution is 8.02. The van der Waals surface area contributed by atoms with E-state index in [2.05, 4.69) is 10.3 Å². The molecule has 0 spiro atoms. The van der Waals surface area contributed by atoms with Crippen molar-refractivity contribution in [2.75, 3.05) is 5.73 Å². The summed E-state index contributed by atoms with van der Waals surface area (Å²) >= 11 is 2.34. The van der Waals surface area contributed by atoms with Gasteiger partial charge < -0.3 is 36.1 Å². The van der Waals surface area contributed by atoms with Gasteiger partial charge in [0.2, 0.25) is 5.91 Å². The molecule has 3 atom stereocenters. The van der Waals surface area contributed by atoms with Crippen LogP contribution in [0.4, 0.5) is 5.13 Å². The Labute approximate surface area is 219 Å². The fourth-order valence-electron chi connectivity index (χ4n) is 3.31. The van der Waals surface area contributed by atoms with E-state index in [-0.39, 0.29) is 17.4 Å². The molecule has 4 heterocycles. The Kier molecular flexibility index (Phi) is 8.30. The number of aromatic nitrogens is 2. The largest absolute Gasteiger partial charge is 0.548 e. The standard InChI is InChI=1S/C18H16N6O4S2.C4H8O3/c19-11(10-8-30-18(20)21-10)14(25)22-12-15(26)24-13(17(27)28)9(7-29-16(12)24)6-23-4-2-1-3-5-23;1-4(2,7)3(5)6/h1-5,7-8,12-13,16,19H,6H2,(H3-,20,21,22,25,27,28);7H,1-2H3,(H,5,6)/t12-,13?,16-;/m1./s1. The molecule has 2 aliphatic rings. The maximum absolute atomic E-state index is 12.7. The molecule has 1 unspecified atom stereocenters. The molecule has 1 saturated heterocycles. The van der Waals surface area contributed by atoms with Gasteiger partial charge in [-0.15, -0.1) is 23.1 Å². The zero-order chi connectivity index (χ0) is 27.5. The van der Waals surface area contributed by atoms with E-state index in [1.165, 1.54) is 35.9 Å². The minimum Gasteiger partial charge on any atom is -0.548 e. The first-order chi connectivity index (χ1) is 17.3. The van der Waals surface area contributed by atoms with Crippen molar-refractivity contribution in [2.45, 2.75) is 43.5 Å². The Morgan fingerprint density at radius 3 is 2.43 bits per heavy atom. The molecule has 1 fully saturated rings. The van der Waals surface area contributed by atoms with E-state index >= 15 is 0 Å². The molecule has 15 heteroatoms. The quantitative estimate of drug-likeness (QED) is 0.151. The minimum atomic E-state index is -1.58. The fourth-order valence-corrected chi connectivity index (χ4v) is 5.08. The summed E-state index contributed by atoms with van der Waals surface area (Å²) in [7, 11) is 0. The molecule has 2 aliphatic heterocycles. The van der Waals surface area contributed by atoms with Crippen molar-refractivity contribution in [2.24, 2.45) is 0 Å². The van der Waals surface area contributed by atoms with Gasteiger partial charge in [0.15, 0.2) is 29.7 Å². The van der Waals surface area contributed by atoms with Crippen LogP contribution in [-0.2, 0) is 25.7 Å². The SMILES string of the molecule is CC(C)(O)C(=O)O.N=C(C(=O)N[C@@H]1C(=O)N2C(C(=O)[O-])C(C[n+]3ccccc3)=CS[C@H]12)c1csc(N)n1. The highest BCUT2D eigenvalue weighted by Crippen LogP contribution is 2.39. The predicted molar refractivity (Wildman–Crippen MR) is 131 cm³/mol. The first-order valence-electron chi connectivity index (χ1n) is 10.7. The number of hydrogen-bond acceptors (Lipinski definition) is 11. The lowest BCUT2D eigenvalue weighted by atomic mass is 9.97. The van der Waals surface area contributed by atoms with E-state index < -0.39 is 52.5 Å². The second-order valence-corrected chi connectivity index (χ2v) is 10.4. The van der Waals surface area contributed by atoms with Gasteiger partial charge >= 0.3 is 5.97 Å². The number of pyridine rings is 1. The molecule has 196 valence electrons. The molecule has 0 aliphatic carbocycles. The molecule has 13 nitrogen and oxygen atoms in total. The molecule has 0 saturated carbocycles. The van der Waals surface area contributed by atoms with Gasteiger partial charge in [-0.2, -0.15) is 0 Å². The van der Waals surface area contributed by atoms with Crippen LogP contribution in [0.5, 0.6) is 0 Å². The van der Waals surface area contributed by atoms with Gasteiger partial charge in [-0.05, 0) is 19.3 Å². The summed E-state index contributed by atoms with van der Waals surface area (Å²) in [6, 6.07) is 3.32. The number of nitrogens with zero attached hydrogens (tertiary/aromatic N) is 3. The Hall–Kier alpha value is -3.82. The number of aliphatic carboxylic acids is 2. The fraction of sp³-hybridized carbons (Fsp3) is 0.318. The van der Waals surface area contributed by atoms with Gasteiger partial charge in [0.05, 0.1) is 5.97 Å². The zero-order valence-electron chi connectivity index (χ0n) is 19.7. The number of carboxylic acids is 2. The number of thioether (sulfide) groups is 1. The average Bonchev–Trinajstić information content (AvgIpc) is 3.28. The van der Waals surface area contributed by atoms with Gasteiger partial charge in [-0.3, -0.25) is 15.0 Å². The lowest BCUT2D eigenvalue weighted by Gasteiger charge is -2.52. The Morgan fingerprint density at radius 2 is 1.92 bits per heavy atom. The first kappa shape index (κ1) is 27.8. The van der Waals surface area contributed by atoms with Crippen LogP contribution in [0.15, 0.2) is 47.0 Å². The van der Waals surface area contributed by atoms with Crippen molar-refractivity contribution in [3.8, 4) is 0 Å². The van der Waals surface area contributed by atoms with Gasteiger partial charge in [0.1, 0.15) is 28.9 Å². The van der Waals surface area contributed by atoms with Crippen molar-refractivity contribution in [1.29, 1.82) is 5.41 Å². The van der Waals surface area contributed by atoms with Crippen molar-refractivity contribution < 1.29 is 39.1 Å². The molecule has 6 N–H and O–H groups in total. The Morgan fingerprint density at radius 1 is 1.30 bits per heavy atom. The number of anilines is 1. The van der Waals surface area contributed by atoms with Crippen LogP contribution >= 0.6 is 23.1 Å². The molecule has 2 aromatic heterocycles. The van der Waals surface area contributed by atoms with Crippen LogP contribution < -0.4 is 20.7 Å². The summed E-state index contributed by atoms with van der Waals surface area (Å²) in [5, 5.41) is 41.5. The number of hydrogen-bond donors (Lipinski definition) is 5. The number of amides is 2. The first-order valence-corrected chi connectivity index (χ1v) is 12.5.